The molecule has 12 heteroatoms. The minimum Gasteiger partial charge on any atom is -0.289 e. The van der Waals surface area contributed by atoms with Crippen LogP contribution >= 0.6 is 46.1 Å². The summed E-state index contributed by atoms with van der Waals surface area (Å²) in [6, 6.07) is 8.64. The van der Waals surface area contributed by atoms with Gasteiger partial charge < -0.3 is 0 Å². The first-order valence-corrected chi connectivity index (χ1v) is 9.90. The summed E-state index contributed by atoms with van der Waals surface area (Å²) in [7, 11) is 0. The second kappa shape index (κ2) is 7.60. The summed E-state index contributed by atoms with van der Waals surface area (Å²) in [5.74, 6) is -0.650. The number of nitrogens with one attached hydrogen (secondary N) is 1. The maximum atomic E-state index is 12.5. The number of halogens is 3. The lowest BCUT2D eigenvalue weighted by molar-refractivity contribution is -0.384. The van der Waals surface area contributed by atoms with E-state index in [1.54, 1.807) is 18.2 Å². The number of non-ortho nitro benzene ring substituents is 1. The Morgan fingerprint density at radius 3 is 2.66 bits per heavy atom. The summed E-state index contributed by atoms with van der Waals surface area (Å²) < 4.78 is 1.52. The van der Waals surface area contributed by atoms with E-state index in [2.05, 4.69) is 15.4 Å². The fourth-order valence-electron chi connectivity index (χ4n) is 2.58. The summed E-state index contributed by atoms with van der Waals surface area (Å²) >= 11 is 19.6. The van der Waals surface area contributed by atoms with Crippen molar-refractivity contribution in [2.75, 3.05) is 5.32 Å². The van der Waals surface area contributed by atoms with Crippen molar-refractivity contribution in [1.29, 1.82) is 0 Å². The number of carbonyl (C=O) groups excluding carboxylic acids is 1. The summed E-state index contributed by atoms with van der Waals surface area (Å²) in [5.41, 5.74) is 1.00. The van der Waals surface area contributed by atoms with Crippen LogP contribution in [0.5, 0.6) is 0 Å². The minimum absolute atomic E-state index is 0.0174. The van der Waals surface area contributed by atoms with Gasteiger partial charge in [-0.2, -0.15) is 4.98 Å². The summed E-state index contributed by atoms with van der Waals surface area (Å²) in [6.45, 7) is 0. The van der Waals surface area contributed by atoms with Crippen LogP contribution < -0.4 is 5.32 Å². The molecular weight excluding hydrogens is 461 g/mol. The monoisotopic (exact) mass is 467 g/mol. The molecule has 0 aliphatic carbocycles. The molecule has 0 aliphatic rings. The lowest BCUT2D eigenvalue weighted by Crippen LogP contribution is -2.14. The molecule has 0 saturated heterocycles. The zero-order valence-corrected chi connectivity index (χ0v) is 17.2. The topological polar surface area (TPSA) is 102 Å². The zero-order valence-electron chi connectivity index (χ0n) is 14.1. The molecule has 2 aromatic carbocycles. The standard InChI is InChI=1S/C17H8Cl3N5O3S/c18-8-1-3-12(19)10(5-8)14-7-29-17-22-16(23-24(14)17)21-15(26)11-6-9(25(27)28)2-4-13(11)20/h1-7H,(H,21,23,26). The Bertz CT molecular complexity index is 1290. The second-order valence-corrected chi connectivity index (χ2v) is 7.84. The van der Waals surface area contributed by atoms with Crippen LogP contribution in [0.4, 0.5) is 11.6 Å². The van der Waals surface area contributed by atoms with Crippen molar-refractivity contribution >= 4 is 68.6 Å². The minimum atomic E-state index is -0.667. The Hall–Kier alpha value is -2.72. The molecular formula is C17H8Cl3N5O3S. The first kappa shape index (κ1) is 19.6. The van der Waals surface area contributed by atoms with E-state index < -0.39 is 10.8 Å². The predicted molar refractivity (Wildman–Crippen MR) is 112 cm³/mol. The largest absolute Gasteiger partial charge is 0.289 e. The number of nitrogens with zero attached hydrogens (tertiary/aromatic N) is 4. The average Bonchev–Trinajstić information content (AvgIpc) is 3.24. The highest BCUT2D eigenvalue weighted by atomic mass is 35.5. The molecule has 146 valence electrons. The Morgan fingerprint density at radius 2 is 1.90 bits per heavy atom. The molecule has 8 nitrogen and oxygen atoms in total. The average molecular weight is 469 g/mol. The van der Waals surface area contributed by atoms with Gasteiger partial charge in [-0.25, -0.2) is 4.52 Å². The van der Waals surface area contributed by atoms with Crippen LogP contribution in [0.15, 0.2) is 41.8 Å². The molecule has 2 heterocycles. The number of aromatic nitrogens is 3. The fraction of sp³-hybridized carbons (Fsp3) is 0. The van der Waals surface area contributed by atoms with Crippen LogP contribution in [0.3, 0.4) is 0 Å². The molecule has 0 atom stereocenters. The lowest BCUT2D eigenvalue weighted by atomic mass is 10.2. The van der Waals surface area contributed by atoms with Crippen LogP contribution in [-0.2, 0) is 0 Å². The molecule has 0 fully saturated rings. The number of rotatable bonds is 4. The summed E-state index contributed by atoms with van der Waals surface area (Å²) in [4.78, 5) is 27.6. The lowest BCUT2D eigenvalue weighted by Gasteiger charge is -2.04. The van der Waals surface area contributed by atoms with Crippen molar-refractivity contribution in [1.82, 2.24) is 14.6 Å². The van der Waals surface area contributed by atoms with Crippen LogP contribution in [0.1, 0.15) is 10.4 Å². The maximum Gasteiger partial charge on any atom is 0.270 e. The van der Waals surface area contributed by atoms with Gasteiger partial charge in [0, 0.05) is 28.1 Å². The van der Waals surface area contributed by atoms with Crippen molar-refractivity contribution in [2.24, 2.45) is 0 Å². The molecule has 4 rings (SSSR count). The van der Waals surface area contributed by atoms with E-state index >= 15 is 0 Å². The highest BCUT2D eigenvalue weighted by Gasteiger charge is 2.19. The third-order valence-corrected chi connectivity index (χ3v) is 5.63. The number of nitro benzene ring substituents is 1. The van der Waals surface area contributed by atoms with Gasteiger partial charge in [0.2, 0.25) is 4.96 Å². The van der Waals surface area contributed by atoms with Gasteiger partial charge in [-0.15, -0.1) is 16.4 Å². The number of hydrogen-bond donors (Lipinski definition) is 1. The number of fused-ring (bicyclic) bond motifs is 1. The Labute approximate surface area is 181 Å². The quantitative estimate of drug-likeness (QED) is 0.311. The molecule has 2 aromatic heterocycles. The smallest absolute Gasteiger partial charge is 0.270 e. The highest BCUT2D eigenvalue weighted by molar-refractivity contribution is 7.15. The number of benzene rings is 2. The first-order valence-electron chi connectivity index (χ1n) is 7.88. The molecule has 0 unspecified atom stereocenters. The number of anilines is 1. The van der Waals surface area contributed by atoms with Crippen LogP contribution in [0, 0.1) is 10.1 Å². The van der Waals surface area contributed by atoms with Gasteiger partial charge in [0.1, 0.15) is 0 Å². The van der Waals surface area contributed by atoms with Gasteiger partial charge in [-0.3, -0.25) is 20.2 Å². The molecule has 0 spiro atoms. The number of carbonyl (C=O) groups is 1. The maximum absolute atomic E-state index is 12.5. The van der Waals surface area contributed by atoms with Crippen molar-refractivity contribution < 1.29 is 9.72 Å². The molecule has 0 bridgehead atoms. The van der Waals surface area contributed by atoms with Gasteiger partial charge in [0.15, 0.2) is 0 Å². The van der Waals surface area contributed by atoms with E-state index in [4.69, 9.17) is 34.8 Å². The number of nitro groups is 1. The van der Waals surface area contributed by atoms with Crippen molar-refractivity contribution in [3.63, 3.8) is 0 Å². The van der Waals surface area contributed by atoms with E-state index in [0.717, 1.165) is 6.07 Å². The van der Waals surface area contributed by atoms with Crippen molar-refractivity contribution in [2.45, 2.75) is 0 Å². The molecule has 0 radical (unpaired) electrons. The fourth-order valence-corrected chi connectivity index (χ4v) is 4.00. The van der Waals surface area contributed by atoms with Gasteiger partial charge in [-0.1, -0.05) is 34.8 Å². The summed E-state index contributed by atoms with van der Waals surface area (Å²) in [5, 5.41) is 20.6. The van der Waals surface area contributed by atoms with Gasteiger partial charge >= 0.3 is 0 Å². The van der Waals surface area contributed by atoms with E-state index in [0.29, 0.717) is 26.3 Å². The number of thiazole rings is 1. The molecule has 0 saturated carbocycles. The van der Waals surface area contributed by atoms with Crippen LogP contribution in [0.2, 0.25) is 15.1 Å². The third kappa shape index (κ3) is 3.77. The zero-order chi connectivity index (χ0) is 20.7. The highest BCUT2D eigenvalue weighted by Crippen LogP contribution is 2.33. The number of amides is 1. The van der Waals surface area contributed by atoms with Crippen molar-refractivity contribution in [3.8, 4) is 11.3 Å². The molecule has 29 heavy (non-hydrogen) atoms. The van der Waals surface area contributed by atoms with E-state index in [-0.39, 0.29) is 22.2 Å². The van der Waals surface area contributed by atoms with E-state index in [1.807, 2.05) is 5.38 Å². The predicted octanol–water partition coefficient (Wildman–Crippen LogP) is 5.58. The van der Waals surface area contributed by atoms with Crippen LogP contribution in [-0.4, -0.2) is 25.4 Å². The number of hydrogen-bond acceptors (Lipinski definition) is 6. The first-order chi connectivity index (χ1) is 13.8. The SMILES string of the molecule is O=C(Nc1nc2scc(-c3cc(Cl)ccc3Cl)n2n1)c1cc([N+](=O)[O-])ccc1Cl. The van der Waals surface area contributed by atoms with E-state index in [9.17, 15) is 14.9 Å². The van der Waals surface area contributed by atoms with Gasteiger partial charge in [0.25, 0.3) is 17.5 Å². The molecule has 1 amide bonds. The van der Waals surface area contributed by atoms with Gasteiger partial charge in [-0.05, 0) is 24.3 Å². The Balaban J connectivity index is 1.67. The summed E-state index contributed by atoms with van der Waals surface area (Å²) in [6.07, 6.45) is 0. The van der Waals surface area contributed by atoms with Gasteiger partial charge in [0.05, 0.1) is 26.2 Å². The van der Waals surface area contributed by atoms with Crippen molar-refractivity contribution in [3.05, 3.63) is 72.5 Å². The van der Waals surface area contributed by atoms with Crippen LogP contribution in [0.25, 0.3) is 16.2 Å². The third-order valence-electron chi connectivity index (χ3n) is 3.92. The molecule has 4 aromatic rings. The Morgan fingerprint density at radius 1 is 1.14 bits per heavy atom. The molecule has 1 N–H and O–H groups in total. The van der Waals surface area contributed by atoms with E-state index in [1.165, 1.54) is 28.0 Å². The normalized spacial score (nSPS) is 11.0. The Kier molecular flexibility index (Phi) is 5.13. The molecule has 0 aliphatic heterocycles. The second-order valence-electron chi connectivity index (χ2n) is 5.75.